The van der Waals surface area contributed by atoms with Gasteiger partial charge in [0.2, 0.25) is 11.2 Å². The molecule has 2 aromatic carbocycles. The van der Waals surface area contributed by atoms with Crippen LogP contribution < -0.4 is 20.9 Å². The Bertz CT molecular complexity index is 2440. The van der Waals surface area contributed by atoms with Crippen molar-refractivity contribution in [2.45, 2.75) is 77.7 Å². The number of hydrogen-bond acceptors (Lipinski definition) is 12. The minimum absolute atomic E-state index is 0.0152. The number of piperazine rings is 1. The summed E-state index contributed by atoms with van der Waals surface area (Å²) in [5.74, 6) is -0.481. The second-order valence-electron chi connectivity index (χ2n) is 16.1. The Morgan fingerprint density at radius 2 is 1.63 bits per heavy atom. The summed E-state index contributed by atoms with van der Waals surface area (Å²) in [6, 6.07) is 10.7. The molecular weight excluding hydrogens is 924 g/mol. The molecule has 336 valence electrons. The van der Waals surface area contributed by atoms with Crippen molar-refractivity contribution in [3.8, 4) is 0 Å². The number of rotatable bonds is 8. The van der Waals surface area contributed by atoms with E-state index in [9.17, 15) is 33.0 Å². The van der Waals surface area contributed by atoms with Crippen LogP contribution in [0.15, 0.2) is 64.4 Å². The van der Waals surface area contributed by atoms with Gasteiger partial charge in [-0.2, -0.15) is 0 Å². The summed E-state index contributed by atoms with van der Waals surface area (Å²) in [5.41, 5.74) is 2.06. The Labute approximate surface area is 379 Å². The zero-order chi connectivity index (χ0) is 45.4. The molecule has 2 fully saturated rings. The van der Waals surface area contributed by atoms with Crippen LogP contribution in [-0.2, 0) is 44.8 Å². The third-order valence-corrected chi connectivity index (χ3v) is 12.4. The number of halogens is 2. The first-order valence-electron chi connectivity index (χ1n) is 20.1. The molecule has 2 aromatic heterocycles. The number of aromatic nitrogens is 4. The van der Waals surface area contributed by atoms with Crippen LogP contribution >= 0.6 is 27.5 Å². The van der Waals surface area contributed by atoms with E-state index in [1.807, 2.05) is 24.3 Å². The van der Waals surface area contributed by atoms with E-state index < -0.39 is 47.0 Å². The normalized spacial score (nSPS) is 17.1. The highest BCUT2D eigenvalue weighted by Gasteiger charge is 2.32. The smallest absolute Gasteiger partial charge is 0.420 e. The second-order valence-corrected chi connectivity index (χ2v) is 18.5. The molecule has 2 atom stereocenters. The highest BCUT2D eigenvalue weighted by atomic mass is 79.9. The second kappa shape index (κ2) is 20.8. The number of urea groups is 1. The molecule has 0 saturated carbocycles. The summed E-state index contributed by atoms with van der Waals surface area (Å²) < 4.78 is 29.5. The summed E-state index contributed by atoms with van der Waals surface area (Å²) in [6.07, 6.45) is 4.92. The SMILES string of the molecule is CC(=O)Cn1cnc2cc(Br)c(Cl)cc2c1=O.CC(C)(C)OC(=O)N1CCCC(OC(=O)NS(=O)N2CCN(C(=O)Nc3nccnc3C(=O)NC3Cc4ccccc4C3)CC2)C1. The zero-order valence-electron chi connectivity index (χ0n) is 35.1. The van der Waals surface area contributed by atoms with Gasteiger partial charge in [0.25, 0.3) is 11.5 Å². The lowest BCUT2D eigenvalue weighted by atomic mass is 10.1. The number of carbonyl (C=O) groups excluding carboxylic acids is 5. The monoisotopic (exact) mass is 970 g/mol. The minimum atomic E-state index is -1.90. The van der Waals surface area contributed by atoms with Crippen LogP contribution in [0.4, 0.5) is 20.2 Å². The van der Waals surface area contributed by atoms with Crippen molar-refractivity contribution in [1.29, 1.82) is 0 Å². The maximum Gasteiger partial charge on any atom is 0.420 e. The molecule has 63 heavy (non-hydrogen) atoms. The van der Waals surface area contributed by atoms with Crippen molar-refractivity contribution >= 4 is 85.3 Å². The fourth-order valence-electron chi connectivity index (χ4n) is 7.09. The van der Waals surface area contributed by atoms with Crippen molar-refractivity contribution in [3.63, 3.8) is 0 Å². The zero-order valence-corrected chi connectivity index (χ0v) is 38.3. The first-order valence-corrected chi connectivity index (χ1v) is 22.4. The molecule has 22 heteroatoms. The number of benzene rings is 2. The van der Waals surface area contributed by atoms with Gasteiger partial charge in [-0.05, 0) is 92.6 Å². The molecule has 19 nitrogen and oxygen atoms in total. The molecule has 7 rings (SSSR count). The van der Waals surface area contributed by atoms with Crippen molar-refractivity contribution in [3.05, 3.63) is 91.8 Å². The number of Topliss-reactive ketones (excluding diaryl/α,β-unsaturated/α-hetero) is 1. The van der Waals surface area contributed by atoms with Gasteiger partial charge in [0.1, 0.15) is 17.5 Å². The molecule has 0 spiro atoms. The molecule has 2 aliphatic heterocycles. The van der Waals surface area contributed by atoms with Gasteiger partial charge in [0.05, 0.1) is 35.3 Å². The number of likely N-dealkylation sites (tertiary alicyclic amines) is 1. The number of fused-ring (bicyclic) bond motifs is 2. The lowest BCUT2D eigenvalue weighted by Crippen LogP contribution is -2.53. The van der Waals surface area contributed by atoms with Gasteiger partial charge < -0.3 is 24.6 Å². The van der Waals surface area contributed by atoms with E-state index in [1.165, 1.54) is 55.4 Å². The molecule has 4 aromatic rings. The molecule has 3 aliphatic rings. The third-order valence-electron chi connectivity index (χ3n) is 10.0. The van der Waals surface area contributed by atoms with Gasteiger partial charge in [-0.15, -0.1) is 0 Å². The lowest BCUT2D eigenvalue weighted by Gasteiger charge is -2.34. The van der Waals surface area contributed by atoms with E-state index in [0.717, 1.165) is 12.8 Å². The predicted octanol–water partition coefficient (Wildman–Crippen LogP) is 4.63. The minimum Gasteiger partial charge on any atom is -0.444 e. The van der Waals surface area contributed by atoms with E-state index in [-0.39, 0.29) is 68.2 Å². The van der Waals surface area contributed by atoms with Crippen LogP contribution in [0.3, 0.4) is 0 Å². The molecular formula is C41H48BrClN10O9S. The lowest BCUT2D eigenvalue weighted by molar-refractivity contribution is -0.117. The van der Waals surface area contributed by atoms with Crippen molar-refractivity contribution < 1.29 is 37.7 Å². The number of ether oxygens (including phenoxy) is 2. The van der Waals surface area contributed by atoms with E-state index in [1.54, 1.807) is 32.9 Å². The molecule has 2 saturated heterocycles. The Hall–Kier alpha value is -5.51. The quantitative estimate of drug-likeness (QED) is 0.220. The standard InChI is InChI=1S/C30H40N8O7S.C11H8BrClN2O2/c1-30(2,3)45-29(42)37-12-6-9-23(19-37)44-28(41)35-46(43)38-15-13-36(14-16-38)27(40)34-25-24(31-10-11-32-25)26(39)33-22-17-20-7-4-5-8-21(20)18-22;1-6(16)4-15-5-14-10-3-8(12)9(13)2-7(10)11(15)17/h4-5,7-8,10-11,22-23H,6,9,12-19H2,1-3H3,(H,33,39)(H,35,41)(H,32,34,40);2-3,5H,4H2,1H3. The predicted molar refractivity (Wildman–Crippen MR) is 237 cm³/mol. The van der Waals surface area contributed by atoms with E-state index in [0.29, 0.717) is 39.8 Å². The Kier molecular flexibility index (Phi) is 15.5. The van der Waals surface area contributed by atoms with Crippen LogP contribution in [0, 0.1) is 0 Å². The van der Waals surface area contributed by atoms with E-state index >= 15 is 0 Å². The topological polar surface area (TPSA) is 227 Å². The first-order chi connectivity index (χ1) is 29.9. The Morgan fingerprint density at radius 3 is 2.30 bits per heavy atom. The number of anilines is 1. The number of nitrogens with one attached hydrogen (secondary N) is 3. The summed E-state index contributed by atoms with van der Waals surface area (Å²) in [7, 11) is 0. The number of piperidine rings is 1. The summed E-state index contributed by atoms with van der Waals surface area (Å²) >= 11 is 7.30. The average molecular weight is 972 g/mol. The number of hydrogen-bond donors (Lipinski definition) is 3. The van der Waals surface area contributed by atoms with Gasteiger partial charge in [0.15, 0.2) is 11.5 Å². The van der Waals surface area contributed by atoms with Gasteiger partial charge >= 0.3 is 18.2 Å². The van der Waals surface area contributed by atoms with Crippen molar-refractivity contribution in [1.82, 2.24) is 43.7 Å². The molecule has 4 heterocycles. The summed E-state index contributed by atoms with van der Waals surface area (Å²) in [5, 5.41) is 6.52. The maximum absolute atomic E-state index is 13.1. The first kappa shape index (κ1) is 47.0. The number of amides is 5. The largest absolute Gasteiger partial charge is 0.444 e. The fraction of sp³-hybridized carbons (Fsp3) is 0.439. The molecule has 2 unspecified atom stereocenters. The average Bonchev–Trinajstić information content (AvgIpc) is 3.65. The Balaban J connectivity index is 0.000000324. The Morgan fingerprint density at radius 1 is 0.952 bits per heavy atom. The molecule has 1 aliphatic carbocycles. The van der Waals surface area contributed by atoms with Crippen LogP contribution in [0.5, 0.6) is 0 Å². The third kappa shape index (κ3) is 12.8. The van der Waals surface area contributed by atoms with Crippen LogP contribution in [0.1, 0.15) is 62.2 Å². The summed E-state index contributed by atoms with van der Waals surface area (Å²) in [6.45, 7) is 8.33. The van der Waals surface area contributed by atoms with E-state index in [4.69, 9.17) is 21.1 Å². The van der Waals surface area contributed by atoms with Crippen molar-refractivity contribution in [2.24, 2.45) is 0 Å². The highest BCUT2D eigenvalue weighted by molar-refractivity contribution is 9.10. The van der Waals surface area contributed by atoms with Gasteiger partial charge in [-0.3, -0.25) is 24.3 Å². The fourth-order valence-corrected chi connectivity index (χ4v) is 8.40. The maximum atomic E-state index is 13.1. The number of nitrogens with zero attached hydrogens (tertiary/aromatic N) is 7. The van der Waals surface area contributed by atoms with Crippen LogP contribution in [-0.4, -0.2) is 125 Å². The van der Waals surface area contributed by atoms with Gasteiger partial charge in [-0.1, -0.05) is 35.9 Å². The van der Waals surface area contributed by atoms with Gasteiger partial charge in [-0.25, -0.2) is 42.6 Å². The highest BCUT2D eigenvalue weighted by Crippen LogP contribution is 2.26. The molecule has 0 bridgehead atoms. The molecule has 5 amide bonds. The molecule has 3 N–H and O–H groups in total. The van der Waals surface area contributed by atoms with Crippen LogP contribution in [0.2, 0.25) is 5.02 Å². The number of ketones is 1. The van der Waals surface area contributed by atoms with Gasteiger partial charge in [0, 0.05) is 55.6 Å². The van der Waals surface area contributed by atoms with Crippen molar-refractivity contribution in [2.75, 3.05) is 44.6 Å². The van der Waals surface area contributed by atoms with E-state index in [2.05, 4.69) is 46.2 Å². The molecule has 0 radical (unpaired) electrons. The summed E-state index contributed by atoms with van der Waals surface area (Å²) in [4.78, 5) is 89.5. The van der Waals surface area contributed by atoms with Crippen LogP contribution in [0.25, 0.3) is 10.9 Å². The number of carbonyl (C=O) groups is 5.